The summed E-state index contributed by atoms with van der Waals surface area (Å²) in [5, 5.41) is 0. The zero-order valence-electron chi connectivity index (χ0n) is 15.4. The van der Waals surface area contributed by atoms with Crippen molar-refractivity contribution >= 4 is 11.9 Å². The largest absolute Gasteiger partial charge is 0.468 e. The van der Waals surface area contributed by atoms with Crippen LogP contribution >= 0.6 is 0 Å². The Kier molecular flexibility index (Phi) is 7.55. The van der Waals surface area contributed by atoms with E-state index in [-0.39, 0.29) is 24.8 Å². The van der Waals surface area contributed by atoms with E-state index in [2.05, 4.69) is 0 Å². The van der Waals surface area contributed by atoms with Gasteiger partial charge in [0.1, 0.15) is 12.0 Å². The molecular weight excluding hydrogens is 284 g/mol. The molecule has 0 heterocycles. The lowest BCUT2D eigenvalue weighted by Gasteiger charge is -2.32. The van der Waals surface area contributed by atoms with E-state index in [4.69, 9.17) is 14.2 Å². The third-order valence-corrected chi connectivity index (χ3v) is 4.27. The molecule has 0 spiro atoms. The fourth-order valence-electron chi connectivity index (χ4n) is 1.43. The molecule has 0 saturated carbocycles. The fraction of sp³-hybridized carbons (Fsp3) is 0.882. The van der Waals surface area contributed by atoms with E-state index in [0.29, 0.717) is 6.42 Å². The molecule has 0 amide bonds. The molecule has 0 bridgehead atoms. The highest BCUT2D eigenvalue weighted by Gasteiger charge is 2.39. The van der Waals surface area contributed by atoms with Gasteiger partial charge in [-0.25, -0.2) is 0 Å². The number of hydrogen-bond acceptors (Lipinski definition) is 5. The summed E-state index contributed by atoms with van der Waals surface area (Å²) < 4.78 is 16.0. The quantitative estimate of drug-likeness (QED) is 0.610. The molecule has 0 aliphatic carbocycles. The summed E-state index contributed by atoms with van der Waals surface area (Å²) in [6.45, 7) is 13.3. The summed E-state index contributed by atoms with van der Waals surface area (Å²) in [7, 11) is 1.32. The van der Waals surface area contributed by atoms with E-state index >= 15 is 0 Å². The molecule has 0 rings (SSSR count). The number of ether oxygens (including phenoxy) is 3. The first-order valence-corrected chi connectivity index (χ1v) is 7.83. The maximum absolute atomic E-state index is 12.1. The van der Waals surface area contributed by atoms with E-state index in [1.807, 2.05) is 41.5 Å². The Bertz CT molecular complexity index is 387. The number of esters is 2. The predicted octanol–water partition coefficient (Wildman–Crippen LogP) is 3.35. The van der Waals surface area contributed by atoms with Crippen LogP contribution in [0.2, 0.25) is 0 Å². The van der Waals surface area contributed by atoms with Crippen molar-refractivity contribution in [3.05, 3.63) is 0 Å². The number of methoxy groups -OCH3 is 1. The van der Waals surface area contributed by atoms with E-state index < -0.39 is 16.8 Å². The van der Waals surface area contributed by atoms with Gasteiger partial charge in [-0.05, 0) is 47.5 Å². The topological polar surface area (TPSA) is 61.8 Å². The van der Waals surface area contributed by atoms with Crippen LogP contribution in [0.15, 0.2) is 0 Å². The third-order valence-electron chi connectivity index (χ3n) is 4.27. The SMILES string of the molecule is CCC(C)(C)OCC(C)(COC(=O)C(C)(C)CC)C(=O)OC. The molecule has 5 heteroatoms. The van der Waals surface area contributed by atoms with Crippen molar-refractivity contribution in [3.8, 4) is 0 Å². The average Bonchev–Trinajstić information content (AvgIpc) is 2.49. The van der Waals surface area contributed by atoms with E-state index in [9.17, 15) is 9.59 Å². The number of carbonyl (C=O) groups is 2. The number of carbonyl (C=O) groups excluding carboxylic acids is 2. The first kappa shape index (κ1) is 20.9. The highest BCUT2D eigenvalue weighted by atomic mass is 16.6. The second kappa shape index (κ2) is 7.95. The molecule has 0 radical (unpaired) electrons. The average molecular weight is 316 g/mol. The van der Waals surface area contributed by atoms with Gasteiger partial charge in [-0.2, -0.15) is 0 Å². The molecule has 130 valence electrons. The second-order valence-corrected chi connectivity index (χ2v) is 7.27. The molecule has 0 aromatic rings. The van der Waals surface area contributed by atoms with Crippen molar-refractivity contribution in [1.29, 1.82) is 0 Å². The van der Waals surface area contributed by atoms with Gasteiger partial charge in [0.25, 0.3) is 0 Å². The van der Waals surface area contributed by atoms with Gasteiger partial charge < -0.3 is 14.2 Å². The maximum atomic E-state index is 12.1. The molecule has 0 saturated heterocycles. The predicted molar refractivity (Wildman–Crippen MR) is 85.5 cm³/mol. The van der Waals surface area contributed by atoms with Gasteiger partial charge in [-0.15, -0.1) is 0 Å². The lowest BCUT2D eigenvalue weighted by atomic mass is 9.89. The summed E-state index contributed by atoms with van der Waals surface area (Å²) in [5.41, 5.74) is -1.93. The lowest BCUT2D eigenvalue weighted by molar-refractivity contribution is -0.173. The monoisotopic (exact) mass is 316 g/mol. The first-order chi connectivity index (χ1) is 9.94. The normalized spacial score (nSPS) is 15.1. The molecule has 0 N–H and O–H groups in total. The molecular formula is C17H32O5. The van der Waals surface area contributed by atoms with E-state index in [1.165, 1.54) is 7.11 Å². The van der Waals surface area contributed by atoms with Crippen LogP contribution in [0.25, 0.3) is 0 Å². The summed E-state index contributed by atoms with van der Waals surface area (Å²) in [4.78, 5) is 24.2. The van der Waals surface area contributed by atoms with Crippen molar-refractivity contribution < 1.29 is 23.8 Å². The Morgan fingerprint density at radius 2 is 1.41 bits per heavy atom. The van der Waals surface area contributed by atoms with Gasteiger partial charge in [0.05, 0.1) is 24.7 Å². The first-order valence-electron chi connectivity index (χ1n) is 7.83. The lowest BCUT2D eigenvalue weighted by Crippen LogP contribution is -2.43. The minimum Gasteiger partial charge on any atom is -0.468 e. The van der Waals surface area contributed by atoms with Crippen LogP contribution < -0.4 is 0 Å². The molecule has 0 aliphatic rings. The summed E-state index contributed by atoms with van der Waals surface area (Å²) in [6, 6.07) is 0. The van der Waals surface area contributed by atoms with Crippen LogP contribution in [0.4, 0.5) is 0 Å². The third kappa shape index (κ3) is 5.95. The van der Waals surface area contributed by atoms with Crippen LogP contribution in [-0.4, -0.2) is 37.9 Å². The van der Waals surface area contributed by atoms with Gasteiger partial charge in [0.2, 0.25) is 0 Å². The molecule has 0 fully saturated rings. The minimum atomic E-state index is -1.01. The molecule has 1 unspecified atom stereocenters. The van der Waals surface area contributed by atoms with Crippen molar-refractivity contribution in [3.63, 3.8) is 0 Å². The maximum Gasteiger partial charge on any atom is 0.317 e. The smallest absolute Gasteiger partial charge is 0.317 e. The zero-order chi connectivity index (χ0) is 17.6. The Balaban J connectivity index is 4.92. The molecule has 0 aromatic carbocycles. The van der Waals surface area contributed by atoms with Gasteiger partial charge in [0.15, 0.2) is 0 Å². The van der Waals surface area contributed by atoms with E-state index in [1.54, 1.807) is 6.92 Å². The Hall–Kier alpha value is -1.10. The summed E-state index contributed by atoms with van der Waals surface area (Å²) in [6.07, 6.45) is 1.48. The van der Waals surface area contributed by atoms with Crippen LogP contribution in [-0.2, 0) is 23.8 Å². The van der Waals surface area contributed by atoms with Crippen LogP contribution in [0.1, 0.15) is 61.3 Å². The second-order valence-electron chi connectivity index (χ2n) is 7.27. The Morgan fingerprint density at radius 1 is 0.864 bits per heavy atom. The highest BCUT2D eigenvalue weighted by molar-refractivity contribution is 5.79. The molecule has 1 atom stereocenters. The van der Waals surface area contributed by atoms with Crippen molar-refractivity contribution in [1.82, 2.24) is 0 Å². The summed E-state index contributed by atoms with van der Waals surface area (Å²) in [5.74, 6) is -0.763. The highest BCUT2D eigenvalue weighted by Crippen LogP contribution is 2.27. The zero-order valence-corrected chi connectivity index (χ0v) is 15.4. The van der Waals surface area contributed by atoms with E-state index in [0.717, 1.165) is 6.42 Å². The number of rotatable bonds is 9. The van der Waals surface area contributed by atoms with Crippen molar-refractivity contribution in [2.75, 3.05) is 20.3 Å². The Morgan fingerprint density at radius 3 is 1.82 bits per heavy atom. The van der Waals surface area contributed by atoms with Crippen LogP contribution in [0.3, 0.4) is 0 Å². The Labute approximate surface area is 134 Å². The van der Waals surface area contributed by atoms with Gasteiger partial charge in [0, 0.05) is 0 Å². The summed E-state index contributed by atoms with van der Waals surface area (Å²) >= 11 is 0. The standard InChI is InChI=1S/C17H32O5/c1-9-15(3,4)13(18)21-11-17(7,14(19)20-8)12-22-16(5,6)10-2/h9-12H2,1-8H3. The van der Waals surface area contributed by atoms with Crippen molar-refractivity contribution in [2.45, 2.75) is 66.9 Å². The molecule has 0 aromatic heterocycles. The molecule has 22 heavy (non-hydrogen) atoms. The minimum absolute atomic E-state index is 0.0538. The van der Waals surface area contributed by atoms with Gasteiger partial charge in [-0.3, -0.25) is 9.59 Å². The van der Waals surface area contributed by atoms with Gasteiger partial charge >= 0.3 is 11.9 Å². The van der Waals surface area contributed by atoms with Gasteiger partial charge in [-0.1, -0.05) is 13.8 Å². The molecule has 0 aliphatic heterocycles. The number of hydrogen-bond donors (Lipinski definition) is 0. The molecule has 5 nitrogen and oxygen atoms in total. The fourth-order valence-corrected chi connectivity index (χ4v) is 1.43. The van der Waals surface area contributed by atoms with Crippen LogP contribution in [0, 0.1) is 10.8 Å². The van der Waals surface area contributed by atoms with Crippen LogP contribution in [0.5, 0.6) is 0 Å². The van der Waals surface area contributed by atoms with Crippen molar-refractivity contribution in [2.24, 2.45) is 10.8 Å².